The number of hydrogen-bond donors (Lipinski definition) is 0. The third-order valence-electron chi connectivity index (χ3n) is 2.72. The van der Waals surface area contributed by atoms with Gasteiger partial charge in [-0.2, -0.15) is 0 Å². The maximum atomic E-state index is 12.0. The normalized spacial score (nSPS) is 10.4. The quantitative estimate of drug-likeness (QED) is 0.779. The summed E-state index contributed by atoms with van der Waals surface area (Å²) >= 11 is 17.7. The molecule has 0 aromatic carbocycles. The van der Waals surface area contributed by atoms with E-state index in [9.17, 15) is 4.79 Å². The molecule has 0 spiro atoms. The van der Waals surface area contributed by atoms with Crippen LogP contribution in [0.3, 0.4) is 0 Å². The molecule has 7 heteroatoms. The van der Waals surface area contributed by atoms with Gasteiger partial charge in [0.05, 0.1) is 16.6 Å². The molecule has 0 N–H and O–H groups in total. The van der Waals surface area contributed by atoms with Crippen LogP contribution in [0, 0.1) is 0 Å². The molecule has 0 bridgehead atoms. The highest BCUT2D eigenvalue weighted by atomic mass is 35.5. The van der Waals surface area contributed by atoms with Crippen molar-refractivity contribution in [2.75, 3.05) is 31.6 Å². The van der Waals surface area contributed by atoms with Gasteiger partial charge in [0.1, 0.15) is 11.0 Å². The van der Waals surface area contributed by atoms with Gasteiger partial charge in [0, 0.05) is 20.1 Å². The van der Waals surface area contributed by atoms with Gasteiger partial charge in [-0.15, -0.1) is 0 Å². The maximum Gasteiger partial charge on any atom is 0.242 e. The number of nitrogens with zero attached hydrogens (tertiary/aromatic N) is 3. The van der Waals surface area contributed by atoms with Crippen LogP contribution in [0.15, 0.2) is 6.07 Å². The predicted molar refractivity (Wildman–Crippen MR) is 80.5 cm³/mol. The Balaban J connectivity index is 2.86. The number of likely N-dealkylation sites (N-methyl/N-ethyl adjacent to an activating group) is 2. The summed E-state index contributed by atoms with van der Waals surface area (Å²) in [7, 11) is 1.74. The van der Waals surface area contributed by atoms with Gasteiger partial charge in [0.25, 0.3) is 0 Å². The summed E-state index contributed by atoms with van der Waals surface area (Å²) in [6, 6.07) is 1.52. The van der Waals surface area contributed by atoms with Crippen molar-refractivity contribution < 1.29 is 4.79 Å². The highest BCUT2D eigenvalue weighted by Crippen LogP contribution is 2.30. The first-order valence-corrected chi connectivity index (χ1v) is 7.04. The zero-order chi connectivity index (χ0) is 14.6. The fourth-order valence-electron chi connectivity index (χ4n) is 1.66. The molecule has 0 fully saturated rings. The summed E-state index contributed by atoms with van der Waals surface area (Å²) in [5.74, 6) is 0.452. The third-order valence-corrected chi connectivity index (χ3v) is 3.67. The minimum Gasteiger partial charge on any atom is -0.349 e. The number of hydrogen-bond acceptors (Lipinski definition) is 3. The Bertz CT molecular complexity index is 464. The number of rotatable bonds is 5. The zero-order valence-corrected chi connectivity index (χ0v) is 13.4. The Morgan fingerprint density at radius 2 is 1.79 bits per heavy atom. The van der Waals surface area contributed by atoms with Crippen LogP contribution in [0.5, 0.6) is 0 Å². The number of carbonyl (C=O) groups excluding carboxylic acids is 1. The second-order valence-corrected chi connectivity index (χ2v) is 5.16. The highest BCUT2D eigenvalue weighted by molar-refractivity contribution is 6.42. The Morgan fingerprint density at radius 1 is 1.21 bits per heavy atom. The van der Waals surface area contributed by atoms with Crippen LogP contribution in [0.1, 0.15) is 13.8 Å². The first kappa shape index (κ1) is 16.3. The average Bonchev–Trinajstić information content (AvgIpc) is 2.35. The molecule has 0 aliphatic rings. The molecule has 106 valence electrons. The highest BCUT2D eigenvalue weighted by Gasteiger charge is 2.17. The summed E-state index contributed by atoms with van der Waals surface area (Å²) in [6.07, 6.45) is 0. The van der Waals surface area contributed by atoms with E-state index in [1.807, 2.05) is 13.8 Å². The predicted octanol–water partition coefficient (Wildman–Crippen LogP) is 3.35. The van der Waals surface area contributed by atoms with Crippen LogP contribution in [-0.2, 0) is 4.79 Å². The summed E-state index contributed by atoms with van der Waals surface area (Å²) in [5.41, 5.74) is 0. The molecule has 1 aromatic rings. The van der Waals surface area contributed by atoms with Crippen LogP contribution in [-0.4, -0.2) is 42.5 Å². The molecule has 19 heavy (non-hydrogen) atoms. The van der Waals surface area contributed by atoms with Crippen LogP contribution >= 0.6 is 34.8 Å². The van der Waals surface area contributed by atoms with Crippen LogP contribution in [0.4, 0.5) is 5.82 Å². The number of aromatic nitrogens is 1. The lowest BCUT2D eigenvalue weighted by Crippen LogP contribution is -2.39. The fourth-order valence-corrected chi connectivity index (χ4v) is 2.29. The van der Waals surface area contributed by atoms with Crippen LogP contribution < -0.4 is 4.90 Å². The number of pyridine rings is 1. The topological polar surface area (TPSA) is 36.4 Å². The lowest BCUT2D eigenvalue weighted by molar-refractivity contribution is -0.129. The molecule has 0 atom stereocenters. The molecular formula is C12H16Cl3N3O. The van der Waals surface area contributed by atoms with Crippen molar-refractivity contribution in [2.24, 2.45) is 0 Å². The van der Waals surface area contributed by atoms with E-state index < -0.39 is 0 Å². The third kappa shape index (κ3) is 4.13. The fraction of sp³-hybridized carbons (Fsp3) is 0.500. The van der Waals surface area contributed by atoms with Crippen molar-refractivity contribution in [3.8, 4) is 0 Å². The van der Waals surface area contributed by atoms with Crippen molar-refractivity contribution >= 4 is 46.5 Å². The Hall–Kier alpha value is -0.710. The Labute approximate surface area is 128 Å². The number of anilines is 1. The molecule has 1 amide bonds. The van der Waals surface area contributed by atoms with Crippen molar-refractivity contribution in [2.45, 2.75) is 13.8 Å². The van der Waals surface area contributed by atoms with E-state index in [0.717, 1.165) is 0 Å². The smallest absolute Gasteiger partial charge is 0.242 e. The van der Waals surface area contributed by atoms with Crippen molar-refractivity contribution in [3.05, 3.63) is 21.3 Å². The summed E-state index contributed by atoms with van der Waals surface area (Å²) in [4.78, 5) is 19.5. The van der Waals surface area contributed by atoms with E-state index in [4.69, 9.17) is 34.8 Å². The SMILES string of the molecule is CCN(CC)C(=O)CN(C)c1nc(Cl)c(Cl)cc1Cl. The number of carbonyl (C=O) groups is 1. The molecule has 1 heterocycles. The molecule has 0 aliphatic carbocycles. The second-order valence-electron chi connectivity index (χ2n) is 3.99. The molecular weight excluding hydrogens is 309 g/mol. The maximum absolute atomic E-state index is 12.0. The van der Waals surface area contributed by atoms with E-state index in [1.54, 1.807) is 16.8 Å². The Kier molecular flexibility index (Phi) is 6.17. The monoisotopic (exact) mass is 323 g/mol. The molecule has 1 rings (SSSR count). The number of halogens is 3. The van der Waals surface area contributed by atoms with E-state index in [-0.39, 0.29) is 17.6 Å². The van der Waals surface area contributed by atoms with E-state index in [2.05, 4.69) is 4.98 Å². The molecule has 0 saturated heterocycles. The molecule has 1 aromatic heterocycles. The minimum atomic E-state index is 0.0106. The van der Waals surface area contributed by atoms with Gasteiger partial charge in [-0.25, -0.2) is 4.98 Å². The second kappa shape index (κ2) is 7.17. The van der Waals surface area contributed by atoms with E-state index >= 15 is 0 Å². The van der Waals surface area contributed by atoms with E-state index in [0.29, 0.717) is 29.0 Å². The average molecular weight is 325 g/mol. The standard InChI is InChI=1S/C12H16Cl3N3O/c1-4-18(5-2)10(19)7-17(3)12-9(14)6-8(13)11(15)16-12/h6H,4-5,7H2,1-3H3. The van der Waals surface area contributed by atoms with Gasteiger partial charge < -0.3 is 9.80 Å². The van der Waals surface area contributed by atoms with E-state index in [1.165, 1.54) is 6.07 Å². The van der Waals surface area contributed by atoms with Gasteiger partial charge in [-0.05, 0) is 19.9 Å². The molecule has 0 saturated carbocycles. The Morgan fingerprint density at radius 3 is 2.32 bits per heavy atom. The van der Waals surface area contributed by atoms with Gasteiger partial charge in [0.15, 0.2) is 0 Å². The largest absolute Gasteiger partial charge is 0.349 e. The summed E-state index contributed by atoms with van der Waals surface area (Å²) < 4.78 is 0. The van der Waals surface area contributed by atoms with Crippen molar-refractivity contribution in [3.63, 3.8) is 0 Å². The minimum absolute atomic E-state index is 0.0106. The van der Waals surface area contributed by atoms with Crippen LogP contribution in [0.25, 0.3) is 0 Å². The van der Waals surface area contributed by atoms with Gasteiger partial charge >= 0.3 is 0 Å². The van der Waals surface area contributed by atoms with Crippen molar-refractivity contribution in [1.29, 1.82) is 0 Å². The summed E-state index contributed by atoms with van der Waals surface area (Å²) in [5, 5.41) is 0.825. The van der Waals surface area contributed by atoms with Gasteiger partial charge in [-0.3, -0.25) is 4.79 Å². The lowest BCUT2D eigenvalue weighted by Gasteiger charge is -2.24. The first-order valence-electron chi connectivity index (χ1n) is 5.91. The molecule has 0 unspecified atom stereocenters. The molecule has 4 nitrogen and oxygen atoms in total. The summed E-state index contributed by atoms with van der Waals surface area (Å²) in [6.45, 7) is 5.40. The van der Waals surface area contributed by atoms with Gasteiger partial charge in [-0.1, -0.05) is 34.8 Å². The zero-order valence-electron chi connectivity index (χ0n) is 11.1. The first-order chi connectivity index (χ1) is 8.90. The number of amides is 1. The molecule has 0 radical (unpaired) electrons. The molecule has 0 aliphatic heterocycles. The van der Waals surface area contributed by atoms with Crippen LogP contribution in [0.2, 0.25) is 15.2 Å². The van der Waals surface area contributed by atoms with Gasteiger partial charge in [0.2, 0.25) is 5.91 Å². The van der Waals surface area contributed by atoms with Crippen molar-refractivity contribution in [1.82, 2.24) is 9.88 Å². The lowest BCUT2D eigenvalue weighted by atomic mass is 10.4.